The summed E-state index contributed by atoms with van der Waals surface area (Å²) in [5.41, 5.74) is 1.16. The maximum absolute atomic E-state index is 12.1. The molecule has 0 aliphatic carbocycles. The van der Waals surface area contributed by atoms with Crippen LogP contribution in [0.25, 0.3) is 0 Å². The smallest absolute Gasteiger partial charge is 0.230 e. The van der Waals surface area contributed by atoms with Crippen molar-refractivity contribution in [2.75, 3.05) is 18.8 Å². The van der Waals surface area contributed by atoms with E-state index in [4.69, 9.17) is 11.6 Å². The van der Waals surface area contributed by atoms with Crippen molar-refractivity contribution in [3.8, 4) is 0 Å². The topological polar surface area (TPSA) is 63.1 Å². The molecule has 25 heavy (non-hydrogen) atoms. The summed E-state index contributed by atoms with van der Waals surface area (Å²) in [6.07, 6.45) is 3.56. The predicted octanol–water partition coefficient (Wildman–Crippen LogP) is 2.34. The number of aryl methyl sites for hydroxylation is 1. The molecule has 2 aromatic rings. The van der Waals surface area contributed by atoms with Crippen LogP contribution in [-0.2, 0) is 18.4 Å². The van der Waals surface area contributed by atoms with Crippen molar-refractivity contribution in [3.63, 3.8) is 0 Å². The van der Waals surface area contributed by atoms with E-state index in [0.29, 0.717) is 5.75 Å². The maximum atomic E-state index is 12.1. The Morgan fingerprint density at radius 2 is 2.12 bits per heavy atom. The second-order valence-electron chi connectivity index (χ2n) is 6.22. The molecular formula is C17H22ClN5OS. The van der Waals surface area contributed by atoms with E-state index in [9.17, 15) is 4.79 Å². The van der Waals surface area contributed by atoms with Crippen LogP contribution >= 0.6 is 23.4 Å². The van der Waals surface area contributed by atoms with Gasteiger partial charge in [0, 0.05) is 37.7 Å². The van der Waals surface area contributed by atoms with Crippen LogP contribution in [0.15, 0.2) is 35.7 Å². The minimum absolute atomic E-state index is 0.0533. The van der Waals surface area contributed by atoms with Crippen molar-refractivity contribution in [1.29, 1.82) is 0 Å². The zero-order valence-corrected chi connectivity index (χ0v) is 15.8. The van der Waals surface area contributed by atoms with Gasteiger partial charge in [-0.2, -0.15) is 0 Å². The van der Waals surface area contributed by atoms with Gasteiger partial charge in [0.25, 0.3) is 0 Å². The second kappa shape index (κ2) is 8.69. The summed E-state index contributed by atoms with van der Waals surface area (Å²) in [4.78, 5) is 14.5. The van der Waals surface area contributed by atoms with Crippen molar-refractivity contribution in [2.45, 2.75) is 30.6 Å². The standard InChI is InChI=1S/C17H22ClN5OS/c1-22-12-19-21-17(22)25-11-16(24)20-14-6-8-23(9-7-14)10-13-4-2-3-5-15(13)18/h2-5,12,14H,6-11H2,1H3,(H,20,24). The Hall–Kier alpha value is -1.57. The van der Waals surface area contributed by atoms with Crippen molar-refractivity contribution in [2.24, 2.45) is 7.05 Å². The SMILES string of the molecule is Cn1cnnc1SCC(=O)NC1CCN(Cc2ccccc2Cl)CC1. The second-order valence-corrected chi connectivity index (χ2v) is 7.57. The molecule has 1 amide bonds. The number of aromatic nitrogens is 3. The van der Waals surface area contributed by atoms with E-state index in [1.807, 2.05) is 29.8 Å². The summed E-state index contributed by atoms with van der Waals surface area (Å²) >= 11 is 7.64. The first-order valence-electron chi connectivity index (χ1n) is 8.34. The van der Waals surface area contributed by atoms with Gasteiger partial charge >= 0.3 is 0 Å². The Morgan fingerprint density at radius 1 is 1.36 bits per heavy atom. The van der Waals surface area contributed by atoms with E-state index < -0.39 is 0 Å². The molecule has 3 rings (SSSR count). The highest BCUT2D eigenvalue weighted by Crippen LogP contribution is 2.20. The van der Waals surface area contributed by atoms with E-state index in [1.54, 1.807) is 6.33 Å². The third-order valence-electron chi connectivity index (χ3n) is 4.31. The third-order valence-corrected chi connectivity index (χ3v) is 5.71. The molecule has 0 bridgehead atoms. The van der Waals surface area contributed by atoms with Gasteiger partial charge in [0.15, 0.2) is 5.16 Å². The lowest BCUT2D eigenvalue weighted by atomic mass is 10.0. The first kappa shape index (κ1) is 18.2. The van der Waals surface area contributed by atoms with Gasteiger partial charge in [0.2, 0.25) is 5.91 Å². The molecular weight excluding hydrogens is 358 g/mol. The largest absolute Gasteiger partial charge is 0.353 e. The van der Waals surface area contributed by atoms with Gasteiger partial charge in [-0.15, -0.1) is 10.2 Å². The molecule has 0 radical (unpaired) electrons. The van der Waals surface area contributed by atoms with Crippen LogP contribution in [0.5, 0.6) is 0 Å². The zero-order valence-electron chi connectivity index (χ0n) is 14.2. The number of nitrogens with zero attached hydrogens (tertiary/aromatic N) is 4. The molecule has 1 N–H and O–H groups in total. The van der Waals surface area contributed by atoms with Crippen LogP contribution in [0.1, 0.15) is 18.4 Å². The number of piperidine rings is 1. The minimum atomic E-state index is 0.0533. The summed E-state index contributed by atoms with van der Waals surface area (Å²) in [5, 5.41) is 12.5. The molecule has 1 aliphatic rings. The molecule has 0 atom stereocenters. The lowest BCUT2D eigenvalue weighted by Crippen LogP contribution is -2.44. The number of hydrogen-bond donors (Lipinski definition) is 1. The average Bonchev–Trinajstić information content (AvgIpc) is 3.02. The Morgan fingerprint density at radius 3 is 2.80 bits per heavy atom. The lowest BCUT2D eigenvalue weighted by Gasteiger charge is -2.32. The fourth-order valence-corrected chi connectivity index (χ4v) is 3.80. The van der Waals surface area contributed by atoms with Crippen LogP contribution in [0.2, 0.25) is 5.02 Å². The normalized spacial score (nSPS) is 16.1. The fourth-order valence-electron chi connectivity index (χ4n) is 2.91. The first-order valence-corrected chi connectivity index (χ1v) is 9.70. The van der Waals surface area contributed by atoms with Gasteiger partial charge in [-0.3, -0.25) is 9.69 Å². The van der Waals surface area contributed by atoms with Crippen LogP contribution in [-0.4, -0.2) is 50.5 Å². The zero-order chi connectivity index (χ0) is 17.6. The molecule has 1 fully saturated rings. The number of carbonyl (C=O) groups excluding carboxylic acids is 1. The molecule has 2 heterocycles. The van der Waals surface area contributed by atoms with Gasteiger partial charge in [-0.05, 0) is 24.5 Å². The number of rotatable bonds is 6. The van der Waals surface area contributed by atoms with Crippen molar-refractivity contribution in [1.82, 2.24) is 25.0 Å². The number of nitrogens with one attached hydrogen (secondary N) is 1. The molecule has 0 unspecified atom stereocenters. The highest BCUT2D eigenvalue weighted by atomic mass is 35.5. The van der Waals surface area contributed by atoms with Crippen LogP contribution in [0.3, 0.4) is 0 Å². The quantitative estimate of drug-likeness (QED) is 0.780. The number of halogens is 1. The van der Waals surface area contributed by atoms with Crippen LogP contribution in [0, 0.1) is 0 Å². The molecule has 6 nitrogen and oxygen atoms in total. The Balaban J connectivity index is 1.39. The summed E-state index contributed by atoms with van der Waals surface area (Å²) in [5.74, 6) is 0.421. The molecule has 134 valence electrons. The van der Waals surface area contributed by atoms with Crippen molar-refractivity contribution < 1.29 is 4.79 Å². The van der Waals surface area contributed by atoms with Gasteiger partial charge in [0.05, 0.1) is 5.75 Å². The Bertz CT molecular complexity index is 715. The first-order chi connectivity index (χ1) is 12.1. The number of benzene rings is 1. The third kappa shape index (κ3) is 5.20. The summed E-state index contributed by atoms with van der Waals surface area (Å²) in [6.45, 7) is 2.79. The highest BCUT2D eigenvalue weighted by molar-refractivity contribution is 7.99. The Labute approximate surface area is 156 Å². The molecule has 0 spiro atoms. The maximum Gasteiger partial charge on any atom is 0.230 e. The van der Waals surface area contributed by atoms with Crippen molar-refractivity contribution in [3.05, 3.63) is 41.2 Å². The van der Waals surface area contributed by atoms with Gasteiger partial charge < -0.3 is 9.88 Å². The van der Waals surface area contributed by atoms with Gasteiger partial charge in [-0.25, -0.2) is 0 Å². The van der Waals surface area contributed by atoms with E-state index in [0.717, 1.165) is 48.2 Å². The lowest BCUT2D eigenvalue weighted by molar-refractivity contribution is -0.119. The molecule has 0 saturated carbocycles. The number of thioether (sulfide) groups is 1. The number of carbonyl (C=O) groups is 1. The van der Waals surface area contributed by atoms with Gasteiger partial charge in [0.1, 0.15) is 6.33 Å². The monoisotopic (exact) mass is 379 g/mol. The molecule has 1 aromatic carbocycles. The van der Waals surface area contributed by atoms with E-state index >= 15 is 0 Å². The van der Waals surface area contributed by atoms with E-state index in [1.165, 1.54) is 11.8 Å². The summed E-state index contributed by atoms with van der Waals surface area (Å²) < 4.78 is 1.81. The molecule has 1 aromatic heterocycles. The highest BCUT2D eigenvalue weighted by Gasteiger charge is 2.21. The van der Waals surface area contributed by atoms with Crippen LogP contribution < -0.4 is 5.32 Å². The van der Waals surface area contributed by atoms with Gasteiger partial charge in [-0.1, -0.05) is 41.6 Å². The average molecular weight is 380 g/mol. The minimum Gasteiger partial charge on any atom is -0.353 e. The van der Waals surface area contributed by atoms with E-state index in [-0.39, 0.29) is 11.9 Å². The molecule has 1 saturated heterocycles. The van der Waals surface area contributed by atoms with E-state index in [2.05, 4.69) is 26.5 Å². The number of hydrogen-bond acceptors (Lipinski definition) is 5. The molecule has 1 aliphatic heterocycles. The molecule has 8 heteroatoms. The summed E-state index contributed by atoms with van der Waals surface area (Å²) in [6, 6.07) is 8.21. The number of amides is 1. The summed E-state index contributed by atoms with van der Waals surface area (Å²) in [7, 11) is 1.87. The Kier molecular flexibility index (Phi) is 6.34. The fraction of sp³-hybridized carbons (Fsp3) is 0.471. The van der Waals surface area contributed by atoms with Crippen LogP contribution in [0.4, 0.5) is 0 Å². The van der Waals surface area contributed by atoms with Crippen molar-refractivity contribution >= 4 is 29.3 Å². The number of likely N-dealkylation sites (tertiary alicyclic amines) is 1. The predicted molar refractivity (Wildman–Crippen MR) is 99.6 cm³/mol.